The van der Waals surface area contributed by atoms with Crippen LogP contribution in [0.2, 0.25) is 0 Å². The molecule has 1 unspecified atom stereocenters. The molecule has 11 heteroatoms. The largest absolute Gasteiger partial charge is 0.458 e. The Kier molecular flexibility index (Phi) is 7.57. The minimum absolute atomic E-state index is 0.172. The molecule has 0 radical (unpaired) electrons. The van der Waals surface area contributed by atoms with E-state index in [9.17, 15) is 18.0 Å². The zero-order valence-corrected chi connectivity index (χ0v) is 21.3. The maximum atomic E-state index is 12.9. The predicted octanol–water partition coefficient (Wildman–Crippen LogP) is 2.56. The van der Waals surface area contributed by atoms with Gasteiger partial charge in [-0.05, 0) is 63.5 Å². The van der Waals surface area contributed by atoms with Crippen molar-refractivity contribution in [2.75, 3.05) is 13.1 Å². The van der Waals surface area contributed by atoms with Gasteiger partial charge in [0.2, 0.25) is 0 Å². The Labute approximate surface area is 199 Å². The Morgan fingerprint density at radius 2 is 1.97 bits per heavy atom. The Balaban J connectivity index is 1.65. The number of carbonyl (C=O) groups is 2. The number of piperidine rings is 1. The molecule has 3 rings (SSSR count). The fourth-order valence-electron chi connectivity index (χ4n) is 3.77. The zero-order valence-electron chi connectivity index (χ0n) is 19.7. The van der Waals surface area contributed by atoms with Crippen molar-refractivity contribution in [3.8, 4) is 0 Å². The van der Waals surface area contributed by atoms with Gasteiger partial charge in [0.05, 0.1) is 0 Å². The minimum atomic E-state index is -3.52. The van der Waals surface area contributed by atoms with Crippen LogP contribution in [0.4, 0.5) is 0 Å². The molecular weight excluding hydrogens is 466 g/mol. The maximum Gasteiger partial charge on any atom is 0.329 e. The minimum Gasteiger partial charge on any atom is -0.458 e. The predicted molar refractivity (Wildman–Crippen MR) is 125 cm³/mol. The average molecular weight is 500 g/mol. The highest BCUT2D eigenvalue weighted by Crippen LogP contribution is 2.34. The normalized spacial score (nSPS) is 19.8. The monoisotopic (exact) mass is 499 g/mol. The van der Waals surface area contributed by atoms with Crippen molar-refractivity contribution in [2.24, 2.45) is 5.92 Å². The van der Waals surface area contributed by atoms with E-state index in [1.54, 1.807) is 44.4 Å². The lowest BCUT2D eigenvalue weighted by Gasteiger charge is -2.35. The van der Waals surface area contributed by atoms with Crippen molar-refractivity contribution in [3.63, 3.8) is 0 Å². The number of esters is 1. The Morgan fingerprint density at radius 1 is 1.30 bits per heavy atom. The van der Waals surface area contributed by atoms with E-state index in [1.165, 1.54) is 15.6 Å². The number of hydroxylamine groups is 1. The van der Waals surface area contributed by atoms with Gasteiger partial charge in [-0.1, -0.05) is 19.9 Å². The van der Waals surface area contributed by atoms with Gasteiger partial charge in [-0.3, -0.25) is 15.1 Å². The summed E-state index contributed by atoms with van der Waals surface area (Å²) in [5.41, 5.74) is 1.45. The molecule has 1 aromatic rings. The van der Waals surface area contributed by atoms with Crippen LogP contribution in [-0.2, 0) is 29.2 Å². The first-order chi connectivity index (χ1) is 15.3. The van der Waals surface area contributed by atoms with E-state index < -0.39 is 39.1 Å². The first-order valence-corrected chi connectivity index (χ1v) is 13.4. The molecule has 2 aliphatic rings. The molecule has 0 aliphatic carbocycles. The van der Waals surface area contributed by atoms with Crippen molar-refractivity contribution < 1.29 is 27.6 Å². The number of sulfonamides is 1. The summed E-state index contributed by atoms with van der Waals surface area (Å²) >= 11 is 1.19. The molecule has 1 fully saturated rings. The molecular formula is C22H33N3O6S2. The number of hydrogen-bond acceptors (Lipinski definition) is 8. The van der Waals surface area contributed by atoms with E-state index >= 15 is 0 Å². The van der Waals surface area contributed by atoms with Crippen LogP contribution in [0, 0.1) is 5.92 Å². The lowest BCUT2D eigenvalue weighted by Crippen LogP contribution is -2.46. The fraction of sp³-hybridized carbons (Fsp3) is 0.636. The van der Waals surface area contributed by atoms with Crippen molar-refractivity contribution in [1.82, 2.24) is 15.1 Å². The van der Waals surface area contributed by atoms with Gasteiger partial charge in [-0.2, -0.15) is 4.31 Å². The van der Waals surface area contributed by atoms with Gasteiger partial charge in [-0.15, -0.1) is 11.3 Å². The number of thiophene rings is 1. The molecule has 0 saturated carbocycles. The van der Waals surface area contributed by atoms with Gasteiger partial charge in [0, 0.05) is 13.1 Å². The van der Waals surface area contributed by atoms with Crippen LogP contribution < -0.4 is 10.8 Å². The fourth-order valence-corrected chi connectivity index (χ4v) is 6.36. The van der Waals surface area contributed by atoms with Crippen molar-refractivity contribution in [1.29, 1.82) is 0 Å². The average Bonchev–Trinajstić information content (AvgIpc) is 3.37. The summed E-state index contributed by atoms with van der Waals surface area (Å²) in [6, 6.07) is 2.53. The van der Waals surface area contributed by atoms with Crippen LogP contribution in [0.5, 0.6) is 0 Å². The summed E-state index contributed by atoms with van der Waals surface area (Å²) < 4.78 is 32.7. The summed E-state index contributed by atoms with van der Waals surface area (Å²) in [6.45, 7) is 9.83. The molecule has 0 aromatic carbocycles. The second kappa shape index (κ2) is 9.73. The lowest BCUT2D eigenvalue weighted by molar-refractivity contribution is -0.159. The van der Waals surface area contributed by atoms with E-state index in [4.69, 9.17) is 9.57 Å². The van der Waals surface area contributed by atoms with Crippen LogP contribution in [0.25, 0.3) is 0 Å². The molecule has 1 spiro atoms. The SMILES string of the molecule is CC(C)CC(NC(=O)C1=CC2(CCN(S(=O)(=O)c3cccs3)CC2)ON1)C(=O)OC(C)(C)C. The molecule has 33 heavy (non-hydrogen) atoms. The van der Waals surface area contributed by atoms with Gasteiger partial charge in [0.25, 0.3) is 15.9 Å². The lowest BCUT2D eigenvalue weighted by atomic mass is 9.92. The molecule has 2 N–H and O–H groups in total. The molecule has 184 valence electrons. The van der Waals surface area contributed by atoms with Crippen LogP contribution in [-0.4, -0.2) is 54.9 Å². The summed E-state index contributed by atoms with van der Waals surface area (Å²) in [4.78, 5) is 31.2. The van der Waals surface area contributed by atoms with E-state index in [-0.39, 0.29) is 24.7 Å². The summed E-state index contributed by atoms with van der Waals surface area (Å²) in [6.07, 6.45) is 2.94. The molecule has 1 atom stereocenters. The number of rotatable bonds is 7. The first kappa shape index (κ1) is 25.7. The molecule has 1 amide bonds. The van der Waals surface area contributed by atoms with Crippen LogP contribution >= 0.6 is 11.3 Å². The van der Waals surface area contributed by atoms with Crippen LogP contribution in [0.1, 0.15) is 53.9 Å². The number of nitrogens with one attached hydrogen (secondary N) is 2. The van der Waals surface area contributed by atoms with Gasteiger partial charge in [0.15, 0.2) is 0 Å². The zero-order chi connectivity index (χ0) is 24.4. The molecule has 3 heterocycles. The molecule has 1 saturated heterocycles. The van der Waals surface area contributed by atoms with Gasteiger partial charge >= 0.3 is 5.97 Å². The third-order valence-corrected chi connectivity index (χ3v) is 8.65. The van der Waals surface area contributed by atoms with Gasteiger partial charge in [0.1, 0.15) is 27.2 Å². The maximum absolute atomic E-state index is 12.9. The van der Waals surface area contributed by atoms with E-state index in [1.807, 2.05) is 13.8 Å². The molecule has 2 aliphatic heterocycles. The van der Waals surface area contributed by atoms with Crippen LogP contribution in [0.3, 0.4) is 0 Å². The van der Waals surface area contributed by atoms with E-state index in [0.29, 0.717) is 23.5 Å². The first-order valence-electron chi connectivity index (χ1n) is 11.1. The smallest absolute Gasteiger partial charge is 0.329 e. The standard InChI is InChI=1S/C22H33N3O6S2/c1-15(2)13-16(20(27)30-21(3,4)5)23-19(26)17-14-22(31-24-17)8-10-25(11-9-22)33(28,29)18-7-6-12-32-18/h6-7,12,14-16,24H,8-11,13H2,1-5H3,(H,23,26). The van der Waals surface area contributed by atoms with E-state index in [2.05, 4.69) is 10.8 Å². The third kappa shape index (κ3) is 6.34. The number of carbonyl (C=O) groups excluding carboxylic acids is 2. The Morgan fingerprint density at radius 3 is 2.52 bits per heavy atom. The Hall–Kier alpha value is -1.95. The topological polar surface area (TPSA) is 114 Å². The van der Waals surface area contributed by atoms with Crippen LogP contribution in [0.15, 0.2) is 33.5 Å². The third-order valence-electron chi connectivity index (χ3n) is 5.38. The van der Waals surface area contributed by atoms with Gasteiger partial charge < -0.3 is 10.1 Å². The second-order valence-electron chi connectivity index (χ2n) is 9.85. The number of ether oxygens (including phenoxy) is 1. The summed E-state index contributed by atoms with van der Waals surface area (Å²) in [7, 11) is -3.52. The van der Waals surface area contributed by atoms with Crippen molar-refractivity contribution >= 4 is 33.2 Å². The summed E-state index contributed by atoms with van der Waals surface area (Å²) in [5, 5.41) is 4.49. The number of amides is 1. The van der Waals surface area contributed by atoms with Gasteiger partial charge in [-0.25, -0.2) is 13.2 Å². The number of nitrogens with zero attached hydrogens (tertiary/aromatic N) is 1. The Bertz CT molecular complexity index is 988. The highest BCUT2D eigenvalue weighted by atomic mass is 32.2. The quantitative estimate of drug-likeness (QED) is 0.554. The highest BCUT2D eigenvalue weighted by Gasteiger charge is 2.43. The summed E-state index contributed by atoms with van der Waals surface area (Å²) in [5.74, 6) is -0.770. The molecule has 9 nitrogen and oxygen atoms in total. The molecule has 1 aromatic heterocycles. The van der Waals surface area contributed by atoms with Crippen molar-refractivity contribution in [2.45, 2.75) is 75.3 Å². The van der Waals surface area contributed by atoms with Crippen molar-refractivity contribution in [3.05, 3.63) is 29.3 Å². The van der Waals surface area contributed by atoms with E-state index in [0.717, 1.165) is 0 Å². The second-order valence-corrected chi connectivity index (χ2v) is 13.0. The molecule has 0 bridgehead atoms. The highest BCUT2D eigenvalue weighted by molar-refractivity contribution is 7.91. The number of hydrogen-bond donors (Lipinski definition) is 2.